The lowest BCUT2D eigenvalue weighted by Crippen LogP contribution is -2.21. The molecule has 0 N–H and O–H groups in total. The highest BCUT2D eigenvalue weighted by molar-refractivity contribution is 6.12. The van der Waals surface area contributed by atoms with E-state index in [4.69, 9.17) is 19.6 Å². The zero-order valence-electron chi connectivity index (χ0n) is 24.0. The predicted octanol–water partition coefficient (Wildman–Crippen LogP) is 7.69. The number of aromatic nitrogens is 3. The Kier molecular flexibility index (Phi) is 7.30. The number of pyridine rings is 1. The highest BCUT2D eigenvalue weighted by Crippen LogP contribution is 2.41. The number of fused-ring (bicyclic) bond motifs is 3. The average molecular weight is 543 g/mol. The van der Waals surface area contributed by atoms with Crippen molar-refractivity contribution in [3.05, 3.63) is 108 Å². The van der Waals surface area contributed by atoms with E-state index in [0.29, 0.717) is 17.9 Å². The molecule has 6 aromatic rings. The minimum Gasteiger partial charge on any atom is -0.493 e. The topological polar surface area (TPSA) is 52.4 Å². The molecule has 0 amide bonds. The first kappa shape index (κ1) is 26.4. The van der Waals surface area contributed by atoms with Gasteiger partial charge in [0.05, 0.1) is 36.7 Å². The van der Waals surface area contributed by atoms with Crippen LogP contribution in [0.2, 0.25) is 0 Å². The van der Waals surface area contributed by atoms with Crippen LogP contribution in [0.3, 0.4) is 0 Å². The molecule has 0 saturated heterocycles. The number of para-hydroxylation sites is 1. The summed E-state index contributed by atoms with van der Waals surface area (Å²) in [6.07, 6.45) is 0.681. The quantitative estimate of drug-likeness (QED) is 0.187. The lowest BCUT2D eigenvalue weighted by Gasteiger charge is -2.21. The van der Waals surface area contributed by atoms with Crippen molar-refractivity contribution in [2.75, 3.05) is 32.2 Å². The van der Waals surface area contributed by atoms with Crippen molar-refractivity contribution in [1.82, 2.24) is 14.8 Å². The lowest BCUT2D eigenvalue weighted by molar-refractivity contribution is 0.356. The van der Waals surface area contributed by atoms with Crippen LogP contribution in [0.4, 0.5) is 5.69 Å². The smallest absolute Gasteiger partial charge is 0.164 e. The van der Waals surface area contributed by atoms with Gasteiger partial charge in [-0.05, 0) is 55.8 Å². The highest BCUT2D eigenvalue weighted by Gasteiger charge is 2.22. The van der Waals surface area contributed by atoms with E-state index < -0.39 is 0 Å². The molecule has 6 heteroatoms. The Hall–Kier alpha value is -4.84. The molecule has 4 aromatic carbocycles. The maximum Gasteiger partial charge on any atom is 0.164 e. The van der Waals surface area contributed by atoms with Crippen LogP contribution >= 0.6 is 0 Å². The minimum atomic E-state index is 0.669. The van der Waals surface area contributed by atoms with E-state index in [1.807, 2.05) is 35.0 Å². The van der Waals surface area contributed by atoms with Crippen LogP contribution in [0.5, 0.6) is 11.5 Å². The summed E-state index contributed by atoms with van der Waals surface area (Å²) in [6.45, 7) is 6.27. The van der Waals surface area contributed by atoms with Crippen LogP contribution in [-0.4, -0.2) is 42.1 Å². The molecular formula is C35H34N4O2. The lowest BCUT2D eigenvalue weighted by atomic mass is 9.98. The summed E-state index contributed by atoms with van der Waals surface area (Å²) in [7, 11) is 3.34. The number of benzene rings is 4. The van der Waals surface area contributed by atoms with Crippen LogP contribution in [0.1, 0.15) is 25.1 Å². The van der Waals surface area contributed by atoms with E-state index in [1.165, 1.54) is 11.3 Å². The molecule has 0 aliphatic heterocycles. The van der Waals surface area contributed by atoms with E-state index in [9.17, 15) is 0 Å². The first-order chi connectivity index (χ1) is 20.1. The predicted molar refractivity (Wildman–Crippen MR) is 168 cm³/mol. The van der Waals surface area contributed by atoms with Crippen LogP contribution in [0.15, 0.2) is 97.1 Å². The maximum atomic E-state index is 5.78. The molecule has 0 unspecified atom stereocenters. The van der Waals surface area contributed by atoms with Gasteiger partial charge in [-0.25, -0.2) is 9.67 Å². The van der Waals surface area contributed by atoms with E-state index >= 15 is 0 Å². The molecule has 0 spiro atoms. The second-order valence-corrected chi connectivity index (χ2v) is 9.99. The summed E-state index contributed by atoms with van der Waals surface area (Å²) >= 11 is 0. The van der Waals surface area contributed by atoms with Crippen molar-refractivity contribution in [3.63, 3.8) is 0 Å². The molecule has 0 aliphatic carbocycles. The van der Waals surface area contributed by atoms with E-state index in [2.05, 4.69) is 85.5 Å². The SMILES string of the molecule is CCN(CC)c1ccc(-c2nc3c(c(Cc4ccccc4)nn3-c3ccccc3)c3cc(OC)c(OC)cc23)cc1. The fourth-order valence-corrected chi connectivity index (χ4v) is 5.58. The fourth-order valence-electron chi connectivity index (χ4n) is 5.58. The molecular weight excluding hydrogens is 508 g/mol. The van der Waals surface area contributed by atoms with Crippen molar-refractivity contribution >= 4 is 27.5 Å². The summed E-state index contributed by atoms with van der Waals surface area (Å²) in [5, 5.41) is 8.21. The summed E-state index contributed by atoms with van der Waals surface area (Å²) in [5.74, 6) is 1.34. The maximum absolute atomic E-state index is 5.78. The number of methoxy groups -OCH3 is 2. The summed E-state index contributed by atoms with van der Waals surface area (Å²) in [6, 6.07) is 33.4. The van der Waals surface area contributed by atoms with Gasteiger partial charge in [0.2, 0.25) is 0 Å². The van der Waals surface area contributed by atoms with Crippen LogP contribution in [0.25, 0.3) is 38.8 Å². The normalized spacial score (nSPS) is 11.2. The summed E-state index contributed by atoms with van der Waals surface area (Å²) in [5.41, 5.74) is 7.04. The summed E-state index contributed by atoms with van der Waals surface area (Å²) in [4.78, 5) is 7.69. The Balaban J connectivity index is 1.67. The largest absolute Gasteiger partial charge is 0.493 e. The van der Waals surface area contributed by atoms with Crippen molar-refractivity contribution in [3.8, 4) is 28.4 Å². The number of rotatable bonds is 9. The molecule has 6 rings (SSSR count). The molecule has 41 heavy (non-hydrogen) atoms. The number of ether oxygens (including phenoxy) is 2. The molecule has 0 atom stereocenters. The zero-order valence-corrected chi connectivity index (χ0v) is 24.0. The van der Waals surface area contributed by atoms with Gasteiger partial charge in [-0.15, -0.1) is 0 Å². The third-order valence-electron chi connectivity index (χ3n) is 7.68. The molecule has 2 heterocycles. The van der Waals surface area contributed by atoms with E-state index in [-0.39, 0.29) is 0 Å². The minimum absolute atomic E-state index is 0.669. The molecule has 0 bridgehead atoms. The van der Waals surface area contributed by atoms with Crippen LogP contribution in [0, 0.1) is 0 Å². The monoisotopic (exact) mass is 542 g/mol. The number of anilines is 1. The Bertz CT molecular complexity index is 1790. The van der Waals surface area contributed by atoms with Crippen LogP contribution in [-0.2, 0) is 6.42 Å². The van der Waals surface area contributed by atoms with Gasteiger partial charge in [0.15, 0.2) is 17.1 Å². The van der Waals surface area contributed by atoms with Crippen molar-refractivity contribution in [1.29, 1.82) is 0 Å². The molecule has 6 nitrogen and oxygen atoms in total. The molecule has 206 valence electrons. The number of nitrogens with zero attached hydrogens (tertiary/aromatic N) is 4. The van der Waals surface area contributed by atoms with E-state index in [1.54, 1.807) is 14.2 Å². The Morgan fingerprint density at radius 3 is 1.95 bits per heavy atom. The fraction of sp³-hybridized carbons (Fsp3) is 0.200. The van der Waals surface area contributed by atoms with Gasteiger partial charge >= 0.3 is 0 Å². The van der Waals surface area contributed by atoms with Crippen molar-refractivity contribution < 1.29 is 9.47 Å². The highest BCUT2D eigenvalue weighted by atomic mass is 16.5. The van der Waals surface area contributed by atoms with Gasteiger partial charge in [-0.1, -0.05) is 60.7 Å². The zero-order chi connectivity index (χ0) is 28.3. The van der Waals surface area contributed by atoms with Gasteiger partial charge in [-0.3, -0.25) is 0 Å². The molecule has 0 radical (unpaired) electrons. The molecule has 0 saturated carbocycles. The standard InChI is InChI=1S/C35H34N4O2/c1-5-38(6-2)26-19-17-25(18-20-26)34-29-23-32(41-4)31(40-3)22-28(29)33-30(21-24-13-9-7-10-14-24)37-39(35(33)36-34)27-15-11-8-12-16-27/h7-20,22-23H,5-6,21H2,1-4H3. The van der Waals surface area contributed by atoms with Gasteiger partial charge < -0.3 is 14.4 Å². The van der Waals surface area contributed by atoms with Gasteiger partial charge in [-0.2, -0.15) is 5.10 Å². The van der Waals surface area contributed by atoms with Crippen molar-refractivity contribution in [2.24, 2.45) is 0 Å². The Morgan fingerprint density at radius 2 is 1.34 bits per heavy atom. The first-order valence-corrected chi connectivity index (χ1v) is 14.1. The van der Waals surface area contributed by atoms with E-state index in [0.717, 1.165) is 57.5 Å². The Labute approximate surface area is 240 Å². The third kappa shape index (κ3) is 4.86. The van der Waals surface area contributed by atoms with Crippen LogP contribution < -0.4 is 14.4 Å². The number of hydrogen-bond donors (Lipinski definition) is 0. The van der Waals surface area contributed by atoms with Gasteiger partial charge in [0, 0.05) is 41.5 Å². The second-order valence-electron chi connectivity index (χ2n) is 9.99. The van der Waals surface area contributed by atoms with Gasteiger partial charge in [0.25, 0.3) is 0 Å². The molecule has 2 aromatic heterocycles. The van der Waals surface area contributed by atoms with Crippen molar-refractivity contribution in [2.45, 2.75) is 20.3 Å². The molecule has 0 aliphatic rings. The average Bonchev–Trinajstić information content (AvgIpc) is 3.39. The number of hydrogen-bond acceptors (Lipinski definition) is 5. The third-order valence-corrected chi connectivity index (χ3v) is 7.68. The second kappa shape index (κ2) is 11.3. The first-order valence-electron chi connectivity index (χ1n) is 14.1. The Morgan fingerprint density at radius 1 is 0.732 bits per heavy atom. The van der Waals surface area contributed by atoms with Gasteiger partial charge in [0.1, 0.15) is 0 Å². The summed E-state index contributed by atoms with van der Waals surface area (Å²) < 4.78 is 13.5. The molecule has 0 fully saturated rings.